The van der Waals surface area contributed by atoms with Crippen LogP contribution in [-0.4, -0.2) is 41.6 Å². The third kappa shape index (κ3) is 2.66. The third-order valence-electron chi connectivity index (χ3n) is 2.51. The Balaban J connectivity index is 2.24. The average molecular weight is 249 g/mol. The summed E-state index contributed by atoms with van der Waals surface area (Å²) in [7, 11) is 1.75. The summed E-state index contributed by atoms with van der Waals surface area (Å²) in [6.07, 6.45) is -0.623. The van der Waals surface area contributed by atoms with E-state index in [2.05, 4.69) is 15.5 Å². The van der Waals surface area contributed by atoms with Crippen LogP contribution in [0.15, 0.2) is 29.1 Å². The number of aromatic amines is 1. The summed E-state index contributed by atoms with van der Waals surface area (Å²) in [6, 6.07) is 7.04. The van der Waals surface area contributed by atoms with Gasteiger partial charge in [0.05, 0.1) is 10.8 Å². The van der Waals surface area contributed by atoms with Crippen LogP contribution in [0.1, 0.15) is 0 Å². The first-order valence-corrected chi connectivity index (χ1v) is 5.65. The number of nitrogens with one attached hydrogen (secondary N) is 2. The van der Waals surface area contributed by atoms with Gasteiger partial charge >= 0.3 is 0 Å². The second-order valence-electron chi connectivity index (χ2n) is 3.93. The van der Waals surface area contributed by atoms with Crippen LogP contribution >= 0.6 is 0 Å². The van der Waals surface area contributed by atoms with Gasteiger partial charge in [-0.3, -0.25) is 4.79 Å². The lowest BCUT2D eigenvalue weighted by atomic mass is 10.2. The first-order chi connectivity index (χ1) is 8.72. The summed E-state index contributed by atoms with van der Waals surface area (Å²) in [4.78, 5) is 11.5. The highest BCUT2D eigenvalue weighted by Gasteiger charge is 2.09. The maximum atomic E-state index is 11.5. The van der Waals surface area contributed by atoms with E-state index >= 15 is 0 Å². The molecule has 6 nitrogen and oxygen atoms in total. The molecular weight excluding hydrogens is 234 g/mol. The molecule has 1 heterocycles. The maximum Gasteiger partial charge on any atom is 0.272 e. The summed E-state index contributed by atoms with van der Waals surface area (Å²) in [5.74, 6) is 0.320. The van der Waals surface area contributed by atoms with Gasteiger partial charge in [0.1, 0.15) is 12.7 Å². The van der Waals surface area contributed by atoms with E-state index in [0.29, 0.717) is 23.2 Å². The number of likely N-dealkylation sites (N-methyl/N-ethyl adjacent to an activating group) is 1. The zero-order valence-electron chi connectivity index (χ0n) is 10.0. The number of fused-ring (bicyclic) bond motifs is 1. The van der Waals surface area contributed by atoms with Crippen molar-refractivity contribution in [2.75, 3.05) is 20.2 Å². The highest BCUT2D eigenvalue weighted by molar-refractivity contribution is 5.85. The predicted octanol–water partition coefficient (Wildman–Crippen LogP) is -0.118. The van der Waals surface area contributed by atoms with Gasteiger partial charge < -0.3 is 15.2 Å². The minimum absolute atomic E-state index is 0.115. The average Bonchev–Trinajstić information content (AvgIpc) is 2.39. The number of H-pyrrole nitrogens is 1. The summed E-state index contributed by atoms with van der Waals surface area (Å²) in [5.41, 5.74) is -0.256. The van der Waals surface area contributed by atoms with E-state index in [1.807, 2.05) is 0 Å². The molecule has 1 aromatic carbocycles. The number of nitrogens with zero attached hydrogens (tertiary/aromatic N) is 1. The van der Waals surface area contributed by atoms with Gasteiger partial charge in [-0.05, 0) is 19.2 Å². The Labute approximate surface area is 104 Å². The molecule has 0 saturated carbocycles. The van der Waals surface area contributed by atoms with E-state index in [-0.39, 0.29) is 12.2 Å². The molecule has 0 aliphatic heterocycles. The number of aliphatic hydroxyl groups excluding tert-OH is 1. The van der Waals surface area contributed by atoms with Gasteiger partial charge in [-0.1, -0.05) is 12.1 Å². The zero-order chi connectivity index (χ0) is 13.0. The van der Waals surface area contributed by atoms with Gasteiger partial charge in [0.25, 0.3) is 5.56 Å². The van der Waals surface area contributed by atoms with Crippen LogP contribution in [-0.2, 0) is 0 Å². The number of hydrogen-bond donors (Lipinski definition) is 3. The number of ether oxygens (including phenoxy) is 1. The number of aromatic nitrogens is 2. The number of benzene rings is 1. The van der Waals surface area contributed by atoms with Crippen LogP contribution in [0, 0.1) is 0 Å². The SMILES string of the molecule is CNCC(O)COc1n[nH]c(=O)c2ccccc12. The van der Waals surface area contributed by atoms with E-state index < -0.39 is 6.10 Å². The fourth-order valence-electron chi connectivity index (χ4n) is 1.67. The van der Waals surface area contributed by atoms with E-state index in [1.165, 1.54) is 0 Å². The largest absolute Gasteiger partial charge is 0.473 e. The molecule has 1 atom stereocenters. The van der Waals surface area contributed by atoms with E-state index in [4.69, 9.17) is 4.74 Å². The Morgan fingerprint density at radius 3 is 2.89 bits per heavy atom. The third-order valence-corrected chi connectivity index (χ3v) is 2.51. The Morgan fingerprint density at radius 2 is 2.17 bits per heavy atom. The first-order valence-electron chi connectivity index (χ1n) is 5.65. The smallest absolute Gasteiger partial charge is 0.272 e. The van der Waals surface area contributed by atoms with Crippen molar-refractivity contribution in [2.45, 2.75) is 6.10 Å². The molecular formula is C12H15N3O3. The van der Waals surface area contributed by atoms with E-state index in [9.17, 15) is 9.90 Å². The molecule has 0 amide bonds. The van der Waals surface area contributed by atoms with Crippen molar-refractivity contribution < 1.29 is 9.84 Å². The molecule has 0 aliphatic rings. The highest BCUT2D eigenvalue weighted by atomic mass is 16.5. The molecule has 0 saturated heterocycles. The molecule has 0 radical (unpaired) electrons. The molecule has 0 fully saturated rings. The minimum Gasteiger partial charge on any atom is -0.473 e. The Bertz CT molecular complexity index is 582. The fraction of sp³-hybridized carbons (Fsp3) is 0.333. The molecule has 1 aromatic heterocycles. The highest BCUT2D eigenvalue weighted by Crippen LogP contribution is 2.18. The molecule has 2 aromatic rings. The molecule has 96 valence electrons. The van der Waals surface area contributed by atoms with Crippen molar-refractivity contribution in [3.63, 3.8) is 0 Å². The molecule has 6 heteroatoms. The van der Waals surface area contributed by atoms with Crippen LogP contribution in [0.2, 0.25) is 0 Å². The molecule has 0 aliphatic carbocycles. The summed E-state index contributed by atoms with van der Waals surface area (Å²) in [6.45, 7) is 0.547. The van der Waals surface area contributed by atoms with Crippen molar-refractivity contribution in [3.8, 4) is 5.88 Å². The van der Waals surface area contributed by atoms with E-state index in [1.54, 1.807) is 31.3 Å². The summed E-state index contributed by atoms with van der Waals surface area (Å²) < 4.78 is 5.42. The Hall–Kier alpha value is -1.92. The van der Waals surface area contributed by atoms with E-state index in [0.717, 1.165) is 0 Å². The molecule has 2 rings (SSSR count). The summed E-state index contributed by atoms with van der Waals surface area (Å²) >= 11 is 0. The van der Waals surface area contributed by atoms with Crippen molar-refractivity contribution in [3.05, 3.63) is 34.6 Å². The lowest BCUT2D eigenvalue weighted by Gasteiger charge is -2.11. The molecule has 0 spiro atoms. The standard InChI is InChI=1S/C12H15N3O3/c1-13-6-8(16)7-18-12-10-5-3-2-4-9(10)11(17)14-15-12/h2-5,8,13,16H,6-7H2,1H3,(H,14,17). The normalized spacial score (nSPS) is 12.6. The minimum atomic E-state index is -0.623. The molecule has 3 N–H and O–H groups in total. The Morgan fingerprint density at radius 1 is 1.44 bits per heavy atom. The molecule has 1 unspecified atom stereocenters. The van der Waals surface area contributed by atoms with Gasteiger partial charge in [0.2, 0.25) is 5.88 Å². The van der Waals surface area contributed by atoms with Crippen LogP contribution in [0.3, 0.4) is 0 Å². The van der Waals surface area contributed by atoms with Crippen molar-refractivity contribution in [1.29, 1.82) is 0 Å². The van der Waals surface area contributed by atoms with Gasteiger partial charge in [-0.2, -0.15) is 0 Å². The van der Waals surface area contributed by atoms with Gasteiger partial charge in [-0.15, -0.1) is 5.10 Å². The molecule has 18 heavy (non-hydrogen) atoms. The van der Waals surface area contributed by atoms with Crippen molar-refractivity contribution >= 4 is 10.8 Å². The van der Waals surface area contributed by atoms with Gasteiger partial charge in [0, 0.05) is 6.54 Å². The predicted molar refractivity (Wildman–Crippen MR) is 67.8 cm³/mol. The van der Waals surface area contributed by atoms with Crippen LogP contribution in [0.5, 0.6) is 5.88 Å². The number of rotatable bonds is 5. The monoisotopic (exact) mass is 249 g/mol. The topological polar surface area (TPSA) is 87.2 Å². The maximum absolute atomic E-state index is 11.5. The first kappa shape index (κ1) is 12.5. The second kappa shape index (κ2) is 5.61. The fourth-order valence-corrected chi connectivity index (χ4v) is 1.67. The lowest BCUT2D eigenvalue weighted by molar-refractivity contribution is 0.106. The van der Waals surface area contributed by atoms with Crippen molar-refractivity contribution in [1.82, 2.24) is 15.5 Å². The van der Waals surface area contributed by atoms with Gasteiger partial charge in [0.15, 0.2) is 0 Å². The lowest BCUT2D eigenvalue weighted by Crippen LogP contribution is -2.29. The second-order valence-corrected chi connectivity index (χ2v) is 3.93. The van der Waals surface area contributed by atoms with Gasteiger partial charge in [-0.25, -0.2) is 5.10 Å². The molecule has 0 bridgehead atoms. The van der Waals surface area contributed by atoms with Crippen LogP contribution < -0.4 is 15.6 Å². The van der Waals surface area contributed by atoms with Crippen LogP contribution in [0.25, 0.3) is 10.8 Å². The number of hydrogen-bond acceptors (Lipinski definition) is 5. The zero-order valence-corrected chi connectivity index (χ0v) is 10.0. The summed E-state index contributed by atoms with van der Waals surface area (Å²) in [5, 5.41) is 19.8. The number of aliphatic hydroxyl groups is 1. The van der Waals surface area contributed by atoms with Crippen molar-refractivity contribution in [2.24, 2.45) is 0 Å². The Kier molecular flexibility index (Phi) is 3.91. The quantitative estimate of drug-likeness (QED) is 0.688. The van der Waals surface area contributed by atoms with Crippen LogP contribution in [0.4, 0.5) is 0 Å².